The fourth-order valence-corrected chi connectivity index (χ4v) is 3.14. The fourth-order valence-electron chi connectivity index (χ4n) is 2.54. The molecule has 116 valence electrons. The summed E-state index contributed by atoms with van der Waals surface area (Å²) in [6.07, 6.45) is -2.49. The maximum Gasteiger partial charge on any atom is 0.248 e. The molecule has 2 aromatic rings. The monoisotopic (exact) mass is 419 g/mol. The maximum atomic E-state index is 14.6. The van der Waals surface area contributed by atoms with Crippen molar-refractivity contribution in [3.63, 3.8) is 0 Å². The van der Waals surface area contributed by atoms with E-state index in [1.807, 2.05) is 0 Å². The van der Waals surface area contributed by atoms with Crippen LogP contribution in [-0.4, -0.2) is 47.3 Å². The van der Waals surface area contributed by atoms with Crippen molar-refractivity contribution >= 4 is 33.9 Å². The second kappa shape index (κ2) is 4.98. The molecule has 4 N–H and O–H groups in total. The summed E-state index contributed by atoms with van der Waals surface area (Å²) in [7, 11) is 0. The zero-order chi connectivity index (χ0) is 16.1. The lowest BCUT2D eigenvalue weighted by molar-refractivity contribution is -0.174. The number of rotatable bonds is 2. The fraction of sp³-hybridized carbons (Fsp3) is 0.417. The number of anilines is 1. The Morgan fingerprint density at radius 2 is 2.23 bits per heavy atom. The Balaban J connectivity index is 2.23. The van der Waals surface area contributed by atoms with Crippen molar-refractivity contribution in [2.75, 3.05) is 10.2 Å². The van der Waals surface area contributed by atoms with Crippen LogP contribution in [0.25, 0.3) is 5.52 Å². The Morgan fingerprint density at radius 3 is 2.82 bits per heavy atom. The quantitative estimate of drug-likeness (QED) is 0.457. The number of aliphatic hydroxyl groups is 2. The van der Waals surface area contributed by atoms with Crippen molar-refractivity contribution in [1.29, 1.82) is 5.26 Å². The van der Waals surface area contributed by atoms with Crippen molar-refractivity contribution in [3.8, 4) is 6.07 Å². The van der Waals surface area contributed by atoms with Gasteiger partial charge >= 0.3 is 0 Å². The summed E-state index contributed by atoms with van der Waals surface area (Å²) in [6, 6.07) is 4.71. The number of hydrogen-bond acceptors (Lipinski definition) is 7. The predicted octanol–water partition coefficient (Wildman–Crippen LogP) is -0.117. The summed E-state index contributed by atoms with van der Waals surface area (Å²) < 4.78 is 20.8. The first-order valence-electron chi connectivity index (χ1n) is 6.21. The molecule has 0 amide bonds. The minimum Gasteiger partial charge on any atom is -0.386 e. The van der Waals surface area contributed by atoms with Gasteiger partial charge in [-0.05, 0) is 12.1 Å². The SMILES string of the molecule is N#C[C@@]1(c2ccc3c(N)ncnn23)O[C@](F)(CI)[C@@H](O)[C@H]1O. The molecule has 0 radical (unpaired) electrons. The number of nitriles is 1. The van der Waals surface area contributed by atoms with Crippen molar-refractivity contribution in [2.24, 2.45) is 0 Å². The number of nitrogens with zero attached hydrogens (tertiary/aromatic N) is 4. The zero-order valence-corrected chi connectivity index (χ0v) is 13.2. The van der Waals surface area contributed by atoms with Crippen LogP contribution in [0.4, 0.5) is 10.2 Å². The summed E-state index contributed by atoms with van der Waals surface area (Å²) in [5, 5.41) is 33.7. The van der Waals surface area contributed by atoms with Gasteiger partial charge in [0, 0.05) is 0 Å². The molecule has 0 spiro atoms. The minimum atomic E-state index is -2.54. The van der Waals surface area contributed by atoms with Crippen molar-refractivity contribution in [2.45, 2.75) is 23.7 Å². The van der Waals surface area contributed by atoms with Gasteiger partial charge in [0.2, 0.25) is 11.5 Å². The van der Waals surface area contributed by atoms with Crippen LogP contribution >= 0.6 is 22.6 Å². The van der Waals surface area contributed by atoms with Crippen LogP contribution in [-0.2, 0) is 10.3 Å². The molecule has 1 saturated heterocycles. The molecule has 3 rings (SSSR count). The van der Waals surface area contributed by atoms with Crippen LogP contribution in [0.3, 0.4) is 0 Å². The molecule has 0 aliphatic carbocycles. The lowest BCUT2D eigenvalue weighted by Gasteiger charge is -2.24. The first-order valence-corrected chi connectivity index (χ1v) is 7.73. The van der Waals surface area contributed by atoms with Crippen LogP contribution in [0.15, 0.2) is 18.5 Å². The molecule has 0 bridgehead atoms. The van der Waals surface area contributed by atoms with Crippen LogP contribution in [0, 0.1) is 11.3 Å². The third kappa shape index (κ3) is 1.83. The van der Waals surface area contributed by atoms with E-state index in [0.717, 1.165) is 6.33 Å². The second-order valence-electron chi connectivity index (χ2n) is 4.92. The smallest absolute Gasteiger partial charge is 0.248 e. The van der Waals surface area contributed by atoms with E-state index in [-0.39, 0.29) is 15.9 Å². The molecule has 2 aromatic heterocycles. The summed E-state index contributed by atoms with van der Waals surface area (Å²) in [4.78, 5) is 3.81. The molecule has 1 fully saturated rings. The predicted molar refractivity (Wildman–Crippen MR) is 80.5 cm³/mol. The van der Waals surface area contributed by atoms with Gasteiger partial charge in [-0.25, -0.2) is 13.9 Å². The lowest BCUT2D eigenvalue weighted by atomic mass is 9.92. The van der Waals surface area contributed by atoms with Gasteiger partial charge in [-0.3, -0.25) is 0 Å². The number of fused-ring (bicyclic) bond motifs is 1. The summed E-state index contributed by atoms with van der Waals surface area (Å²) >= 11 is 1.67. The molecule has 4 atom stereocenters. The van der Waals surface area contributed by atoms with Crippen LogP contribution < -0.4 is 5.73 Å². The third-order valence-electron chi connectivity index (χ3n) is 3.70. The second-order valence-corrected chi connectivity index (χ2v) is 5.68. The van der Waals surface area contributed by atoms with E-state index >= 15 is 0 Å². The maximum absolute atomic E-state index is 14.6. The van der Waals surface area contributed by atoms with E-state index in [1.165, 1.54) is 16.6 Å². The highest BCUT2D eigenvalue weighted by atomic mass is 127. The standard InChI is InChI=1S/C12H11FIN5O3/c13-12(3-14)9(21)8(20)11(4-15,22-12)7-2-1-6-10(16)17-5-18-19(6)7/h1-2,5,8-9,20-21H,3H2,(H2,16,17,18)/t8-,9+,11+,12-/m1/s1. The molecule has 3 heterocycles. The number of nitrogens with two attached hydrogens (primary N) is 1. The summed E-state index contributed by atoms with van der Waals surface area (Å²) in [6.45, 7) is 0. The number of aromatic nitrogens is 3. The number of aliphatic hydroxyl groups excluding tert-OH is 2. The lowest BCUT2D eigenvalue weighted by Crippen LogP contribution is -2.42. The topological polar surface area (TPSA) is 130 Å². The van der Waals surface area contributed by atoms with Gasteiger partial charge in [-0.1, -0.05) is 22.6 Å². The highest BCUT2D eigenvalue weighted by Crippen LogP contribution is 2.46. The number of halogens is 2. The van der Waals surface area contributed by atoms with E-state index in [4.69, 9.17) is 10.5 Å². The Bertz CT molecular complexity index is 780. The van der Waals surface area contributed by atoms with Gasteiger partial charge in [0.05, 0.1) is 10.1 Å². The van der Waals surface area contributed by atoms with E-state index in [9.17, 15) is 19.9 Å². The number of alkyl halides is 2. The highest BCUT2D eigenvalue weighted by molar-refractivity contribution is 14.1. The number of hydrogen-bond donors (Lipinski definition) is 3. The van der Waals surface area contributed by atoms with Gasteiger partial charge in [-0.2, -0.15) is 10.4 Å². The van der Waals surface area contributed by atoms with Crippen molar-refractivity contribution in [1.82, 2.24) is 14.6 Å². The molecule has 0 unspecified atom stereocenters. The Hall–Kier alpha value is -1.55. The Kier molecular flexibility index (Phi) is 3.48. The van der Waals surface area contributed by atoms with Gasteiger partial charge in [0.25, 0.3) is 0 Å². The number of nitrogen functional groups attached to an aromatic ring is 1. The van der Waals surface area contributed by atoms with Gasteiger partial charge in [-0.15, -0.1) is 0 Å². The normalized spacial score (nSPS) is 34.9. The molecule has 22 heavy (non-hydrogen) atoms. The number of ether oxygens (including phenoxy) is 1. The molecule has 8 nitrogen and oxygen atoms in total. The van der Waals surface area contributed by atoms with Crippen LogP contribution in [0.1, 0.15) is 5.69 Å². The first kappa shape index (κ1) is 15.3. The molecular weight excluding hydrogens is 408 g/mol. The molecule has 10 heteroatoms. The van der Waals surface area contributed by atoms with Gasteiger partial charge in [0.1, 0.15) is 30.1 Å². The van der Waals surface area contributed by atoms with E-state index < -0.39 is 23.7 Å². The average molecular weight is 419 g/mol. The Morgan fingerprint density at radius 1 is 1.50 bits per heavy atom. The van der Waals surface area contributed by atoms with Gasteiger partial charge < -0.3 is 20.7 Å². The Labute approximate surface area is 137 Å². The average Bonchev–Trinajstić information content (AvgIpc) is 3.03. The molecule has 1 aliphatic heterocycles. The molecule has 0 saturated carbocycles. The van der Waals surface area contributed by atoms with E-state index in [2.05, 4.69) is 10.1 Å². The van der Waals surface area contributed by atoms with E-state index in [1.54, 1.807) is 28.7 Å². The third-order valence-corrected chi connectivity index (χ3v) is 4.74. The van der Waals surface area contributed by atoms with E-state index in [0.29, 0.717) is 5.52 Å². The largest absolute Gasteiger partial charge is 0.386 e. The van der Waals surface area contributed by atoms with Crippen LogP contribution in [0.2, 0.25) is 0 Å². The summed E-state index contributed by atoms with van der Waals surface area (Å²) in [5.41, 5.74) is 4.05. The minimum absolute atomic E-state index is 0.0648. The summed E-state index contributed by atoms with van der Waals surface area (Å²) in [5.74, 6) is -2.39. The highest BCUT2D eigenvalue weighted by Gasteiger charge is 2.65. The molecular formula is C12H11FIN5O3. The van der Waals surface area contributed by atoms with Crippen molar-refractivity contribution in [3.05, 3.63) is 24.2 Å². The van der Waals surface area contributed by atoms with Crippen LogP contribution in [0.5, 0.6) is 0 Å². The molecule has 0 aromatic carbocycles. The first-order chi connectivity index (χ1) is 10.4. The van der Waals surface area contributed by atoms with Gasteiger partial charge in [0.15, 0.2) is 5.82 Å². The van der Waals surface area contributed by atoms with Crippen molar-refractivity contribution < 1.29 is 19.3 Å². The zero-order valence-electron chi connectivity index (χ0n) is 11.0. The molecule has 1 aliphatic rings.